The van der Waals surface area contributed by atoms with Crippen LogP contribution in [0.3, 0.4) is 0 Å². The number of carbonyl (C=O) groups excluding carboxylic acids is 1. The van der Waals surface area contributed by atoms with Gasteiger partial charge in [-0.2, -0.15) is 0 Å². The van der Waals surface area contributed by atoms with Gasteiger partial charge in [0, 0.05) is 0 Å². The zero-order valence-electron chi connectivity index (χ0n) is 13.7. The third kappa shape index (κ3) is 6.29. The molecule has 0 spiro atoms. The molecule has 0 saturated heterocycles. The lowest BCUT2D eigenvalue weighted by Gasteiger charge is -2.33. The fraction of sp³-hybridized carbons (Fsp3) is 0.812. The Morgan fingerprint density at radius 2 is 1.70 bits per heavy atom. The fourth-order valence-corrected chi connectivity index (χ4v) is 1.94. The van der Waals surface area contributed by atoms with Crippen molar-refractivity contribution >= 4 is 6.09 Å². The van der Waals surface area contributed by atoms with Gasteiger partial charge in [0.25, 0.3) is 0 Å². The Morgan fingerprint density at radius 3 is 2.00 bits per heavy atom. The molecule has 0 aliphatic carbocycles. The summed E-state index contributed by atoms with van der Waals surface area (Å²) in [7, 11) is 0. The summed E-state index contributed by atoms with van der Waals surface area (Å²) in [5.74, 6) is 2.29. The van der Waals surface area contributed by atoms with Crippen LogP contribution in [0.4, 0.5) is 4.79 Å². The third-order valence-electron chi connectivity index (χ3n) is 3.03. The third-order valence-corrected chi connectivity index (χ3v) is 3.03. The van der Waals surface area contributed by atoms with E-state index in [9.17, 15) is 9.90 Å². The van der Waals surface area contributed by atoms with Crippen molar-refractivity contribution < 1.29 is 14.6 Å². The smallest absolute Gasteiger partial charge is 0.407 e. The van der Waals surface area contributed by atoms with Gasteiger partial charge in [0.15, 0.2) is 0 Å². The van der Waals surface area contributed by atoms with Gasteiger partial charge in [-0.3, -0.25) is 0 Å². The number of hydrogen-bond acceptors (Lipinski definition) is 3. The Morgan fingerprint density at radius 1 is 1.20 bits per heavy atom. The molecule has 20 heavy (non-hydrogen) atoms. The second-order valence-corrected chi connectivity index (χ2v) is 6.84. The molecule has 4 nitrogen and oxygen atoms in total. The molecule has 0 rings (SSSR count). The maximum Gasteiger partial charge on any atom is 0.407 e. The molecule has 0 saturated carbocycles. The van der Waals surface area contributed by atoms with Crippen molar-refractivity contribution in [1.29, 1.82) is 0 Å². The lowest BCUT2D eigenvalue weighted by molar-refractivity contribution is 0.0350. The summed E-state index contributed by atoms with van der Waals surface area (Å²) >= 11 is 0. The molecule has 1 amide bonds. The number of nitrogens with one attached hydrogen (secondary N) is 1. The van der Waals surface area contributed by atoms with Gasteiger partial charge in [0.1, 0.15) is 5.60 Å². The highest BCUT2D eigenvalue weighted by Crippen LogP contribution is 2.21. The van der Waals surface area contributed by atoms with E-state index in [1.165, 1.54) is 0 Å². The number of aliphatic hydroxyl groups is 1. The van der Waals surface area contributed by atoms with Crippen molar-refractivity contribution in [2.24, 2.45) is 17.8 Å². The minimum atomic E-state index is -0.665. The molecule has 4 heteroatoms. The van der Waals surface area contributed by atoms with Crippen LogP contribution in [0.2, 0.25) is 0 Å². The van der Waals surface area contributed by atoms with E-state index in [2.05, 4.69) is 11.2 Å². The maximum absolute atomic E-state index is 11.9. The predicted octanol–water partition coefficient (Wildman–Crippen LogP) is 2.80. The van der Waals surface area contributed by atoms with Crippen LogP contribution in [-0.4, -0.2) is 28.9 Å². The first-order valence-electron chi connectivity index (χ1n) is 7.13. The zero-order valence-corrected chi connectivity index (χ0v) is 13.7. The number of rotatable bonds is 5. The van der Waals surface area contributed by atoms with E-state index in [0.29, 0.717) is 0 Å². The van der Waals surface area contributed by atoms with Gasteiger partial charge in [0.2, 0.25) is 0 Å². The second-order valence-electron chi connectivity index (χ2n) is 6.84. The van der Waals surface area contributed by atoms with Crippen molar-refractivity contribution in [3.8, 4) is 12.3 Å². The Hall–Kier alpha value is -1.21. The summed E-state index contributed by atoms with van der Waals surface area (Å²) < 4.78 is 5.25. The first kappa shape index (κ1) is 18.8. The highest BCUT2D eigenvalue weighted by atomic mass is 16.6. The van der Waals surface area contributed by atoms with Gasteiger partial charge in [0.05, 0.1) is 18.1 Å². The number of hydrogen-bond donors (Lipinski definition) is 2. The van der Waals surface area contributed by atoms with Crippen LogP contribution in [0.5, 0.6) is 0 Å². The number of amides is 1. The van der Waals surface area contributed by atoms with E-state index in [-0.39, 0.29) is 17.9 Å². The van der Waals surface area contributed by atoms with Crippen molar-refractivity contribution in [2.75, 3.05) is 0 Å². The molecule has 0 bridgehead atoms. The van der Waals surface area contributed by atoms with E-state index in [1.54, 1.807) is 20.8 Å². The van der Waals surface area contributed by atoms with E-state index < -0.39 is 23.7 Å². The second kappa shape index (κ2) is 7.54. The molecule has 0 radical (unpaired) electrons. The Bertz CT molecular complexity index is 350. The van der Waals surface area contributed by atoms with E-state index in [0.717, 1.165) is 0 Å². The summed E-state index contributed by atoms with van der Waals surface area (Å²) in [6, 6.07) is -0.327. The van der Waals surface area contributed by atoms with Crippen LogP contribution in [0.25, 0.3) is 0 Å². The largest absolute Gasteiger partial charge is 0.444 e. The van der Waals surface area contributed by atoms with Gasteiger partial charge >= 0.3 is 6.09 Å². The van der Waals surface area contributed by atoms with Crippen LogP contribution >= 0.6 is 0 Å². The maximum atomic E-state index is 11.9. The van der Waals surface area contributed by atoms with Gasteiger partial charge in [-0.25, -0.2) is 4.79 Å². The lowest BCUT2D eigenvalue weighted by atomic mass is 9.83. The molecule has 0 aromatic carbocycles. The van der Waals surface area contributed by atoms with Gasteiger partial charge < -0.3 is 15.2 Å². The van der Waals surface area contributed by atoms with Crippen molar-refractivity contribution in [3.63, 3.8) is 0 Å². The normalized spacial score (nSPS) is 16.4. The van der Waals surface area contributed by atoms with Crippen LogP contribution in [0.15, 0.2) is 0 Å². The van der Waals surface area contributed by atoms with Crippen LogP contribution in [0, 0.1) is 30.1 Å². The standard InChI is InChI=1S/C16H29NO3/c1-9-12(14(18)11(4)5)13(10(2)3)17-15(19)20-16(6,7)8/h1,10-14,18H,2-8H3,(H,17,19)/t12-,13-,14-/m0/s1. The first-order valence-corrected chi connectivity index (χ1v) is 7.13. The highest BCUT2D eigenvalue weighted by Gasteiger charge is 2.33. The highest BCUT2D eigenvalue weighted by molar-refractivity contribution is 5.68. The molecular formula is C16H29NO3. The van der Waals surface area contributed by atoms with Crippen molar-refractivity contribution in [3.05, 3.63) is 0 Å². The number of aliphatic hydroxyl groups excluding tert-OH is 1. The molecule has 0 heterocycles. The molecule has 116 valence electrons. The molecule has 0 fully saturated rings. The molecule has 2 N–H and O–H groups in total. The molecule has 0 unspecified atom stereocenters. The average molecular weight is 283 g/mol. The number of ether oxygens (including phenoxy) is 1. The van der Waals surface area contributed by atoms with Crippen LogP contribution in [0.1, 0.15) is 48.5 Å². The molecule has 0 aromatic rings. The summed E-state index contributed by atoms with van der Waals surface area (Å²) in [6.07, 6.45) is 4.38. The zero-order chi connectivity index (χ0) is 16.1. The van der Waals surface area contributed by atoms with E-state index in [1.807, 2.05) is 27.7 Å². The molecule has 0 aliphatic rings. The first-order chi connectivity index (χ1) is 8.99. The fourth-order valence-electron chi connectivity index (χ4n) is 1.94. The molecular weight excluding hydrogens is 254 g/mol. The SMILES string of the molecule is C#C[C@H]([C@@H](O)C(C)C)[C@@H](NC(=O)OC(C)(C)C)C(C)C. The molecule has 3 atom stereocenters. The number of alkyl carbamates (subject to hydrolysis) is 1. The van der Waals surface area contributed by atoms with Crippen molar-refractivity contribution in [2.45, 2.75) is 66.2 Å². The Labute approximate surface area is 123 Å². The van der Waals surface area contributed by atoms with Gasteiger partial charge in [-0.05, 0) is 32.6 Å². The van der Waals surface area contributed by atoms with Gasteiger partial charge in [-0.15, -0.1) is 6.42 Å². The topological polar surface area (TPSA) is 58.6 Å². The quantitative estimate of drug-likeness (QED) is 0.763. The summed E-state index contributed by atoms with van der Waals surface area (Å²) in [5.41, 5.74) is -0.562. The monoisotopic (exact) mass is 283 g/mol. The summed E-state index contributed by atoms with van der Waals surface area (Å²) in [6.45, 7) is 13.1. The number of terminal acetylenes is 1. The summed E-state index contributed by atoms with van der Waals surface area (Å²) in [4.78, 5) is 11.9. The Kier molecular flexibility index (Phi) is 7.08. The van der Waals surface area contributed by atoms with Crippen molar-refractivity contribution in [1.82, 2.24) is 5.32 Å². The van der Waals surface area contributed by atoms with Crippen LogP contribution in [-0.2, 0) is 4.74 Å². The van der Waals surface area contributed by atoms with E-state index >= 15 is 0 Å². The summed E-state index contributed by atoms with van der Waals surface area (Å²) in [5, 5.41) is 13.0. The number of carbonyl (C=O) groups is 1. The van der Waals surface area contributed by atoms with Gasteiger partial charge in [-0.1, -0.05) is 33.6 Å². The minimum Gasteiger partial charge on any atom is -0.444 e. The molecule has 0 aliphatic heterocycles. The lowest BCUT2D eigenvalue weighted by Crippen LogP contribution is -2.49. The molecule has 0 aromatic heterocycles. The Balaban J connectivity index is 4.97. The minimum absolute atomic E-state index is 0.0257. The van der Waals surface area contributed by atoms with Crippen LogP contribution < -0.4 is 5.32 Å². The van der Waals surface area contributed by atoms with E-state index in [4.69, 9.17) is 11.2 Å². The predicted molar refractivity (Wildman–Crippen MR) is 81.2 cm³/mol. The average Bonchev–Trinajstić information content (AvgIpc) is 2.25.